The fourth-order valence-corrected chi connectivity index (χ4v) is 3.60. The number of carbonyl (C=O) groups is 1. The summed E-state index contributed by atoms with van der Waals surface area (Å²) in [6, 6.07) is 3.26. The SMILES string of the molecule is Cc1nc(CN2CCN(C(=O)c3cn(C)nc3-c3ccc(F)cc3F)CC2)oc1C. The summed E-state index contributed by atoms with van der Waals surface area (Å²) in [6.07, 6.45) is 1.57. The van der Waals surface area contributed by atoms with Crippen molar-refractivity contribution in [3.05, 3.63) is 58.9 Å². The Hall–Kier alpha value is -3.07. The monoisotopic (exact) mass is 415 g/mol. The molecule has 4 rings (SSSR count). The molecule has 3 heterocycles. The van der Waals surface area contributed by atoms with E-state index in [1.54, 1.807) is 18.1 Å². The van der Waals surface area contributed by atoms with Crippen LogP contribution < -0.4 is 0 Å². The van der Waals surface area contributed by atoms with Crippen LogP contribution in [-0.4, -0.2) is 56.7 Å². The number of halogens is 2. The lowest BCUT2D eigenvalue weighted by Gasteiger charge is -2.34. The molecule has 2 aromatic heterocycles. The van der Waals surface area contributed by atoms with Crippen LogP contribution in [0.2, 0.25) is 0 Å². The molecule has 1 saturated heterocycles. The average Bonchev–Trinajstić information content (AvgIpc) is 3.23. The third-order valence-electron chi connectivity index (χ3n) is 5.34. The molecule has 7 nitrogen and oxygen atoms in total. The van der Waals surface area contributed by atoms with Crippen LogP contribution in [0.25, 0.3) is 11.3 Å². The number of piperazine rings is 1. The van der Waals surface area contributed by atoms with Gasteiger partial charge in [-0.3, -0.25) is 14.4 Å². The molecular formula is C21H23F2N5O2. The van der Waals surface area contributed by atoms with Gasteiger partial charge < -0.3 is 9.32 Å². The lowest BCUT2D eigenvalue weighted by Crippen LogP contribution is -2.48. The highest BCUT2D eigenvalue weighted by Gasteiger charge is 2.27. The zero-order chi connectivity index (χ0) is 21.4. The first-order chi connectivity index (χ1) is 14.3. The summed E-state index contributed by atoms with van der Waals surface area (Å²) in [5, 5.41) is 4.24. The normalized spacial score (nSPS) is 15.0. The zero-order valence-electron chi connectivity index (χ0n) is 17.2. The van der Waals surface area contributed by atoms with Gasteiger partial charge in [-0.05, 0) is 26.0 Å². The molecule has 9 heteroatoms. The van der Waals surface area contributed by atoms with E-state index < -0.39 is 11.6 Å². The van der Waals surface area contributed by atoms with E-state index in [4.69, 9.17) is 4.42 Å². The van der Waals surface area contributed by atoms with Gasteiger partial charge in [0.1, 0.15) is 23.1 Å². The molecule has 3 aromatic rings. The maximum atomic E-state index is 14.3. The van der Waals surface area contributed by atoms with Crippen LogP contribution in [0.5, 0.6) is 0 Å². The second-order valence-electron chi connectivity index (χ2n) is 7.51. The fourth-order valence-electron chi connectivity index (χ4n) is 3.60. The first-order valence-corrected chi connectivity index (χ1v) is 9.75. The van der Waals surface area contributed by atoms with Crippen LogP contribution in [0.15, 0.2) is 28.8 Å². The van der Waals surface area contributed by atoms with Crippen molar-refractivity contribution < 1.29 is 18.0 Å². The molecule has 1 aliphatic heterocycles. The van der Waals surface area contributed by atoms with Gasteiger partial charge in [-0.25, -0.2) is 13.8 Å². The zero-order valence-corrected chi connectivity index (χ0v) is 17.2. The summed E-state index contributed by atoms with van der Waals surface area (Å²) in [7, 11) is 1.67. The average molecular weight is 415 g/mol. The Balaban J connectivity index is 1.47. The summed E-state index contributed by atoms with van der Waals surface area (Å²) < 4.78 is 34.7. The van der Waals surface area contributed by atoms with E-state index in [-0.39, 0.29) is 17.2 Å². The van der Waals surface area contributed by atoms with E-state index in [0.29, 0.717) is 44.2 Å². The Morgan fingerprint density at radius 2 is 1.90 bits per heavy atom. The molecule has 1 aromatic carbocycles. The summed E-state index contributed by atoms with van der Waals surface area (Å²) in [5.74, 6) is -0.150. The van der Waals surface area contributed by atoms with Gasteiger partial charge in [0.05, 0.1) is 17.8 Å². The molecule has 30 heavy (non-hydrogen) atoms. The molecule has 0 spiro atoms. The number of nitrogens with zero attached hydrogens (tertiary/aromatic N) is 5. The van der Waals surface area contributed by atoms with Gasteiger partial charge in [0, 0.05) is 51.1 Å². The van der Waals surface area contributed by atoms with Crippen LogP contribution in [0.1, 0.15) is 27.7 Å². The Bertz CT molecular complexity index is 1060. The van der Waals surface area contributed by atoms with E-state index in [9.17, 15) is 13.6 Å². The van der Waals surface area contributed by atoms with Gasteiger partial charge in [-0.15, -0.1) is 0 Å². The van der Waals surface area contributed by atoms with Gasteiger partial charge in [0.15, 0.2) is 0 Å². The number of hydrogen-bond donors (Lipinski definition) is 0. The van der Waals surface area contributed by atoms with Gasteiger partial charge in [0.25, 0.3) is 5.91 Å². The number of aryl methyl sites for hydroxylation is 3. The van der Waals surface area contributed by atoms with Gasteiger partial charge >= 0.3 is 0 Å². The number of amides is 1. The van der Waals surface area contributed by atoms with Crippen molar-refractivity contribution in [3.8, 4) is 11.3 Å². The van der Waals surface area contributed by atoms with Crippen LogP contribution in [0, 0.1) is 25.5 Å². The van der Waals surface area contributed by atoms with Crippen molar-refractivity contribution in [3.63, 3.8) is 0 Å². The third kappa shape index (κ3) is 3.97. The highest BCUT2D eigenvalue weighted by atomic mass is 19.1. The Morgan fingerprint density at radius 1 is 1.17 bits per heavy atom. The van der Waals surface area contributed by atoms with E-state index >= 15 is 0 Å². The highest BCUT2D eigenvalue weighted by molar-refractivity contribution is 6.00. The number of rotatable bonds is 4. The van der Waals surface area contributed by atoms with Crippen LogP contribution in [-0.2, 0) is 13.6 Å². The van der Waals surface area contributed by atoms with Crippen LogP contribution in [0.3, 0.4) is 0 Å². The topological polar surface area (TPSA) is 67.4 Å². The summed E-state index contributed by atoms with van der Waals surface area (Å²) in [4.78, 5) is 21.4. The minimum Gasteiger partial charge on any atom is -0.444 e. The quantitative estimate of drug-likeness (QED) is 0.656. The maximum Gasteiger partial charge on any atom is 0.257 e. The first kappa shape index (κ1) is 20.2. The van der Waals surface area contributed by atoms with Crippen molar-refractivity contribution in [2.45, 2.75) is 20.4 Å². The number of aromatic nitrogens is 3. The number of benzene rings is 1. The van der Waals surface area contributed by atoms with Crippen LogP contribution >= 0.6 is 0 Å². The van der Waals surface area contributed by atoms with E-state index in [1.165, 1.54) is 10.7 Å². The molecule has 1 fully saturated rings. The second-order valence-corrected chi connectivity index (χ2v) is 7.51. The first-order valence-electron chi connectivity index (χ1n) is 9.75. The Kier molecular flexibility index (Phi) is 5.38. The largest absolute Gasteiger partial charge is 0.444 e. The highest BCUT2D eigenvalue weighted by Crippen LogP contribution is 2.27. The minimum absolute atomic E-state index is 0.105. The number of hydrogen-bond acceptors (Lipinski definition) is 5. The van der Waals surface area contributed by atoms with E-state index in [1.807, 2.05) is 13.8 Å². The van der Waals surface area contributed by atoms with Crippen molar-refractivity contribution in [2.24, 2.45) is 7.05 Å². The molecule has 0 unspecified atom stereocenters. The minimum atomic E-state index is -0.746. The van der Waals surface area contributed by atoms with Crippen LogP contribution in [0.4, 0.5) is 8.78 Å². The summed E-state index contributed by atoms with van der Waals surface area (Å²) in [5.41, 5.74) is 1.51. The van der Waals surface area contributed by atoms with E-state index in [2.05, 4.69) is 15.0 Å². The van der Waals surface area contributed by atoms with Crippen molar-refractivity contribution in [1.29, 1.82) is 0 Å². The Morgan fingerprint density at radius 3 is 2.53 bits per heavy atom. The van der Waals surface area contributed by atoms with Gasteiger partial charge in [0.2, 0.25) is 5.89 Å². The maximum absolute atomic E-state index is 14.3. The summed E-state index contributed by atoms with van der Waals surface area (Å²) in [6.45, 7) is 6.79. The molecule has 158 valence electrons. The molecule has 0 aliphatic carbocycles. The number of carbonyl (C=O) groups excluding carboxylic acids is 1. The van der Waals surface area contributed by atoms with Gasteiger partial charge in [-0.2, -0.15) is 5.10 Å². The molecule has 1 amide bonds. The number of oxazole rings is 1. The standard InChI is InChI=1S/C21H23F2N5O2/c1-13-14(2)30-19(24-13)12-27-6-8-28(9-7-27)21(29)17-11-26(3)25-20(17)16-5-4-15(22)10-18(16)23/h4-5,10-11H,6-9,12H2,1-3H3. The molecule has 0 atom stereocenters. The lowest BCUT2D eigenvalue weighted by molar-refractivity contribution is 0.0618. The molecule has 1 aliphatic rings. The molecule has 0 N–H and O–H groups in total. The van der Waals surface area contributed by atoms with Crippen molar-refractivity contribution >= 4 is 5.91 Å². The molecule has 0 bridgehead atoms. The predicted molar refractivity (Wildman–Crippen MR) is 106 cm³/mol. The fraction of sp³-hybridized carbons (Fsp3) is 0.381. The molecule has 0 radical (unpaired) electrons. The molecular weight excluding hydrogens is 392 g/mol. The third-order valence-corrected chi connectivity index (χ3v) is 5.34. The second kappa shape index (κ2) is 7.98. The van der Waals surface area contributed by atoms with Crippen molar-refractivity contribution in [1.82, 2.24) is 24.6 Å². The van der Waals surface area contributed by atoms with Gasteiger partial charge in [-0.1, -0.05) is 0 Å². The summed E-state index contributed by atoms with van der Waals surface area (Å²) >= 11 is 0. The predicted octanol–water partition coefficient (Wildman–Crippen LogP) is 2.93. The lowest BCUT2D eigenvalue weighted by atomic mass is 10.1. The van der Waals surface area contributed by atoms with Crippen molar-refractivity contribution in [2.75, 3.05) is 26.2 Å². The van der Waals surface area contributed by atoms with E-state index in [0.717, 1.165) is 23.6 Å². The smallest absolute Gasteiger partial charge is 0.257 e. The Labute approximate surface area is 172 Å². The molecule has 0 saturated carbocycles.